The van der Waals surface area contributed by atoms with Crippen LogP contribution in [-0.2, 0) is 5.41 Å². The number of para-hydroxylation sites is 1. The van der Waals surface area contributed by atoms with E-state index >= 15 is 0 Å². The summed E-state index contributed by atoms with van der Waals surface area (Å²) >= 11 is 0. The maximum Gasteiger partial charge on any atom is 0.222 e. The van der Waals surface area contributed by atoms with Crippen molar-refractivity contribution >= 4 is 0 Å². The third-order valence-corrected chi connectivity index (χ3v) is 6.10. The van der Waals surface area contributed by atoms with Gasteiger partial charge in [-0.3, -0.25) is 0 Å². The van der Waals surface area contributed by atoms with Crippen LogP contribution in [0.15, 0.2) is 91.0 Å². The molecule has 0 atom stereocenters. The molecule has 1 aromatic heterocycles. The summed E-state index contributed by atoms with van der Waals surface area (Å²) in [7, 11) is -4.94. The Balaban J connectivity index is 0.000000471. The lowest BCUT2D eigenvalue weighted by atomic mass is 9.82. The molecule has 0 aliphatic carbocycles. The highest BCUT2D eigenvalue weighted by atomic mass is 35.7. The fraction of sp³-hybridized carbons (Fsp3) is 0.148. The number of hydrogen-bond donors (Lipinski definition) is 0. The molecule has 0 fully saturated rings. The molecule has 0 spiro atoms. The minimum absolute atomic E-state index is 0.0443. The minimum Gasteiger partial charge on any atom is -0.222 e. The molecule has 5 nitrogen and oxygen atoms in total. The van der Waals surface area contributed by atoms with Crippen molar-refractivity contribution in [2.75, 3.05) is 0 Å². The highest BCUT2D eigenvalue weighted by Crippen LogP contribution is 2.42. The molecular weight excluding hydrogens is 438 g/mol. The zero-order valence-electron chi connectivity index (χ0n) is 18.6. The third-order valence-electron chi connectivity index (χ3n) is 6.10. The topological polar surface area (TPSA) is 96.1 Å². The highest BCUT2D eigenvalue weighted by Gasteiger charge is 2.46. The van der Waals surface area contributed by atoms with E-state index in [1.165, 1.54) is 44.9 Å². The van der Waals surface area contributed by atoms with Crippen molar-refractivity contribution in [1.82, 2.24) is 0 Å². The first-order valence-corrected chi connectivity index (χ1v) is 11.7. The molecule has 0 saturated heterocycles. The van der Waals surface area contributed by atoms with E-state index in [0.717, 1.165) is 0 Å². The van der Waals surface area contributed by atoms with Crippen molar-refractivity contribution in [1.29, 1.82) is 0 Å². The Bertz CT molecular complexity index is 1280. The van der Waals surface area contributed by atoms with Gasteiger partial charge in [-0.1, -0.05) is 66.7 Å². The number of fused-ring (bicyclic) bond motifs is 3. The summed E-state index contributed by atoms with van der Waals surface area (Å²) in [6, 6.07) is 32.8. The van der Waals surface area contributed by atoms with Crippen LogP contribution in [0.1, 0.15) is 30.7 Å². The van der Waals surface area contributed by atoms with Crippen molar-refractivity contribution in [2.45, 2.75) is 26.2 Å². The average Bonchev–Trinajstić information content (AvgIpc) is 3.00. The molecular formula is C27H24ClNO4. The monoisotopic (exact) mass is 461 g/mol. The Kier molecular flexibility index (Phi) is 6.10. The molecule has 0 amide bonds. The molecule has 1 aliphatic rings. The lowest BCUT2D eigenvalue weighted by Gasteiger charge is -2.17. The predicted octanol–water partition coefficient (Wildman–Crippen LogP) is 1.49. The van der Waals surface area contributed by atoms with Gasteiger partial charge in [0.25, 0.3) is 0 Å². The molecule has 2 heterocycles. The molecule has 0 saturated carbocycles. The predicted molar refractivity (Wildman–Crippen MR) is 116 cm³/mol. The molecule has 6 heteroatoms. The van der Waals surface area contributed by atoms with Gasteiger partial charge in [-0.25, -0.2) is 18.6 Å². The van der Waals surface area contributed by atoms with Crippen LogP contribution >= 0.6 is 0 Å². The Morgan fingerprint density at radius 2 is 1.18 bits per heavy atom. The summed E-state index contributed by atoms with van der Waals surface area (Å²) in [5.41, 5.74) is 10.4. The van der Waals surface area contributed by atoms with Gasteiger partial charge in [0.1, 0.15) is 0 Å². The van der Waals surface area contributed by atoms with Crippen molar-refractivity contribution in [3.8, 4) is 28.1 Å². The van der Waals surface area contributed by atoms with Crippen LogP contribution < -0.4 is 23.2 Å². The number of hydrogen-bond acceptors (Lipinski definition) is 4. The van der Waals surface area contributed by atoms with Crippen LogP contribution in [-0.4, -0.2) is 0 Å². The van der Waals surface area contributed by atoms with Crippen LogP contribution in [0.25, 0.3) is 28.1 Å². The van der Waals surface area contributed by atoms with Crippen LogP contribution in [0.3, 0.4) is 0 Å². The molecule has 1 aliphatic heterocycles. The molecule has 0 N–H and O–H groups in total. The number of pyridine rings is 1. The first-order valence-electron chi connectivity index (χ1n) is 10.5. The van der Waals surface area contributed by atoms with E-state index in [2.05, 4.69) is 116 Å². The van der Waals surface area contributed by atoms with Gasteiger partial charge in [0.05, 0.1) is 5.41 Å². The van der Waals surface area contributed by atoms with E-state index in [9.17, 15) is 0 Å². The Hall–Kier alpha value is -3.06. The molecule has 0 radical (unpaired) electrons. The number of nitrogens with zero attached hydrogens (tertiary/aromatic N) is 1. The summed E-state index contributed by atoms with van der Waals surface area (Å²) < 4.78 is 36.5. The van der Waals surface area contributed by atoms with Gasteiger partial charge in [-0.05, 0) is 44.0 Å². The third kappa shape index (κ3) is 4.55. The summed E-state index contributed by atoms with van der Waals surface area (Å²) in [6.45, 7) is 6.93. The van der Waals surface area contributed by atoms with Crippen molar-refractivity contribution in [3.63, 3.8) is 0 Å². The van der Waals surface area contributed by atoms with E-state index in [1.807, 2.05) is 0 Å². The molecule has 5 rings (SSSR count). The Morgan fingerprint density at radius 3 is 1.76 bits per heavy atom. The fourth-order valence-corrected chi connectivity index (χ4v) is 4.63. The Labute approximate surface area is 195 Å². The Morgan fingerprint density at radius 1 is 0.697 bits per heavy atom. The van der Waals surface area contributed by atoms with E-state index in [0.29, 0.717) is 0 Å². The summed E-state index contributed by atoms with van der Waals surface area (Å²) in [4.78, 5) is 0. The number of rotatable bonds is 2. The first kappa shape index (κ1) is 23.1. The number of benzene rings is 3. The van der Waals surface area contributed by atoms with Crippen LogP contribution in [0.4, 0.5) is 0 Å². The van der Waals surface area contributed by atoms with Crippen molar-refractivity contribution < 1.29 is 33.4 Å². The normalized spacial score (nSPS) is 13.5. The minimum atomic E-state index is -4.94. The van der Waals surface area contributed by atoms with Crippen LogP contribution in [0.2, 0.25) is 0 Å². The van der Waals surface area contributed by atoms with Gasteiger partial charge < -0.3 is 0 Å². The molecule has 4 aromatic rings. The van der Waals surface area contributed by atoms with Crippen molar-refractivity contribution in [2.24, 2.45) is 0 Å². The van der Waals surface area contributed by atoms with Gasteiger partial charge in [0.15, 0.2) is 5.69 Å². The molecule has 168 valence electrons. The lowest BCUT2D eigenvalue weighted by molar-refractivity contribution is -2.00. The SMILES string of the molecule is Cc1c(-c2ccccc2)cc2[n+](c1-c1ccccc1)-c1ccccc1C2(C)C.[O-][Cl+3]([O-])([O-])[O-]. The first-order chi connectivity index (χ1) is 15.6. The summed E-state index contributed by atoms with van der Waals surface area (Å²) in [6.07, 6.45) is 0. The number of halogens is 1. The van der Waals surface area contributed by atoms with E-state index in [1.54, 1.807) is 0 Å². The molecule has 3 aromatic carbocycles. The maximum atomic E-state index is 8.49. The lowest BCUT2D eigenvalue weighted by Crippen LogP contribution is -2.68. The largest absolute Gasteiger partial charge is 0.222 e. The zero-order chi connectivity index (χ0) is 23.8. The second kappa shape index (κ2) is 8.71. The van der Waals surface area contributed by atoms with Gasteiger partial charge in [0, 0.05) is 28.8 Å². The second-order valence-electron chi connectivity index (χ2n) is 8.50. The maximum absolute atomic E-state index is 8.49. The molecule has 0 unspecified atom stereocenters. The molecule has 0 bridgehead atoms. The van der Waals surface area contributed by atoms with E-state index in [4.69, 9.17) is 18.6 Å². The summed E-state index contributed by atoms with van der Waals surface area (Å²) in [5.74, 6) is 0. The standard InChI is InChI=1S/C27H24N.ClHO4/c1-19-22(20-12-6-4-7-13-20)18-25-27(2,3)23-16-10-11-17-24(23)28(25)26(19)21-14-8-5-9-15-21;2-1(3,4)5/h4-18H,1-3H3;(H,2,3,4,5)/q+1;/p-1. The fourth-order valence-electron chi connectivity index (χ4n) is 4.63. The summed E-state index contributed by atoms with van der Waals surface area (Å²) in [5, 5.41) is 0. The zero-order valence-corrected chi connectivity index (χ0v) is 19.4. The van der Waals surface area contributed by atoms with Crippen LogP contribution in [0, 0.1) is 17.2 Å². The molecule has 33 heavy (non-hydrogen) atoms. The van der Waals surface area contributed by atoms with Gasteiger partial charge in [-0.15, -0.1) is 10.2 Å². The number of aromatic nitrogens is 1. The highest BCUT2D eigenvalue weighted by molar-refractivity contribution is 5.76. The van der Waals surface area contributed by atoms with Gasteiger partial charge >= 0.3 is 0 Å². The van der Waals surface area contributed by atoms with Gasteiger partial charge in [0.2, 0.25) is 11.4 Å². The quantitative estimate of drug-likeness (QED) is 0.422. The van der Waals surface area contributed by atoms with E-state index < -0.39 is 10.2 Å². The second-order valence-corrected chi connectivity index (χ2v) is 9.26. The van der Waals surface area contributed by atoms with Crippen LogP contribution in [0.5, 0.6) is 0 Å². The van der Waals surface area contributed by atoms with Crippen molar-refractivity contribution in [3.05, 3.63) is 108 Å². The van der Waals surface area contributed by atoms with Gasteiger partial charge in [-0.2, -0.15) is 4.57 Å². The average molecular weight is 462 g/mol. The van der Waals surface area contributed by atoms with E-state index in [-0.39, 0.29) is 5.41 Å². The smallest absolute Gasteiger partial charge is 0.222 e.